The third-order valence-electron chi connectivity index (χ3n) is 8.96. The maximum atomic E-state index is 4.74. The van der Waals surface area contributed by atoms with E-state index in [0.29, 0.717) is 0 Å². The van der Waals surface area contributed by atoms with Crippen molar-refractivity contribution in [2.45, 2.75) is 0 Å². The molecule has 0 aliphatic heterocycles. The van der Waals surface area contributed by atoms with E-state index in [9.17, 15) is 0 Å². The van der Waals surface area contributed by atoms with Crippen molar-refractivity contribution < 1.29 is 0 Å². The summed E-state index contributed by atoms with van der Waals surface area (Å²) in [4.78, 5) is 9.27. The second-order valence-corrected chi connectivity index (χ2v) is 11.1. The summed E-state index contributed by atoms with van der Waals surface area (Å²) in [6.45, 7) is 0. The number of pyridine rings is 2. The molecule has 0 fully saturated rings. The molecular weight excluding hydrogens is 526 g/mol. The highest BCUT2D eigenvalue weighted by atomic mass is 15.0. The van der Waals surface area contributed by atoms with Crippen LogP contribution >= 0.6 is 0 Å². The largest absolute Gasteiger partial charge is 0.309 e. The normalized spacial score (nSPS) is 12.2. The van der Waals surface area contributed by atoms with Crippen LogP contribution in [0.25, 0.3) is 82.3 Å². The number of rotatable bonds is 2. The minimum absolute atomic E-state index is 0.943. The quantitative estimate of drug-likeness (QED) is 0.202. The number of aromatic nitrogens is 5. The molecule has 0 unspecified atom stereocenters. The zero-order valence-corrected chi connectivity index (χ0v) is 23.0. The van der Waals surface area contributed by atoms with E-state index in [-0.39, 0.29) is 0 Å². The third-order valence-corrected chi connectivity index (χ3v) is 8.96. The van der Waals surface area contributed by atoms with Crippen molar-refractivity contribution in [1.29, 1.82) is 0 Å². The van der Waals surface area contributed by atoms with Gasteiger partial charge < -0.3 is 9.13 Å². The number of imidazole rings is 1. The van der Waals surface area contributed by atoms with Crippen molar-refractivity contribution in [3.8, 4) is 11.4 Å². The van der Waals surface area contributed by atoms with Crippen LogP contribution in [0.15, 0.2) is 140 Å². The third kappa shape index (κ3) is 2.95. The fourth-order valence-corrected chi connectivity index (χ4v) is 7.21. The maximum absolute atomic E-state index is 4.74. The molecule has 5 aromatic heterocycles. The van der Waals surface area contributed by atoms with Crippen LogP contribution in [-0.4, -0.2) is 23.5 Å². The van der Waals surface area contributed by atoms with E-state index in [2.05, 4.69) is 140 Å². The van der Waals surface area contributed by atoms with Crippen molar-refractivity contribution >= 4 is 70.9 Å². The Morgan fingerprint density at radius 1 is 0.465 bits per heavy atom. The molecule has 0 saturated heterocycles. The summed E-state index contributed by atoms with van der Waals surface area (Å²) in [5.41, 5.74) is 9.09. The Balaban J connectivity index is 1.51. The lowest BCUT2D eigenvalue weighted by molar-refractivity contribution is 1.17. The van der Waals surface area contributed by atoms with Crippen LogP contribution in [0.1, 0.15) is 0 Å². The molecule has 0 aliphatic carbocycles. The number of nitrogens with zero attached hydrogens (tertiary/aromatic N) is 5. The standard InChI is InChI=1S/C38H23N5/c1-3-9-24(10-4-1)42-33-16-15-27-26-13-7-8-14-32(26)43(25-11-5-2-6-12-25)37(27)36(33)30-21-29-31-23-39-18-17-28(31)38-40-19-20-41(38)34(29)22-35(30)42/h1-23H. The zero-order chi connectivity index (χ0) is 28.1. The van der Waals surface area contributed by atoms with Crippen molar-refractivity contribution in [3.05, 3.63) is 140 Å². The van der Waals surface area contributed by atoms with Crippen LogP contribution in [0.2, 0.25) is 0 Å². The van der Waals surface area contributed by atoms with Crippen molar-refractivity contribution in [3.63, 3.8) is 0 Å². The molecule has 200 valence electrons. The van der Waals surface area contributed by atoms with Gasteiger partial charge in [0, 0.05) is 73.9 Å². The lowest BCUT2D eigenvalue weighted by atomic mass is 10.0. The average molecular weight is 550 g/mol. The van der Waals surface area contributed by atoms with Crippen LogP contribution < -0.4 is 0 Å². The number of hydrogen-bond donors (Lipinski definition) is 0. The first-order valence-electron chi connectivity index (χ1n) is 14.5. The Morgan fingerprint density at radius 3 is 2.07 bits per heavy atom. The van der Waals surface area contributed by atoms with Gasteiger partial charge in [-0.2, -0.15) is 0 Å². The number of hydrogen-bond acceptors (Lipinski definition) is 2. The van der Waals surface area contributed by atoms with Gasteiger partial charge in [0.1, 0.15) is 5.65 Å². The van der Waals surface area contributed by atoms with E-state index >= 15 is 0 Å². The van der Waals surface area contributed by atoms with Gasteiger partial charge in [0.25, 0.3) is 0 Å². The molecule has 43 heavy (non-hydrogen) atoms. The Kier molecular flexibility index (Phi) is 4.39. The molecule has 0 amide bonds. The summed E-state index contributed by atoms with van der Waals surface area (Å²) in [5.74, 6) is 0. The van der Waals surface area contributed by atoms with Crippen LogP contribution in [0.4, 0.5) is 0 Å². The molecule has 5 nitrogen and oxygen atoms in total. The Labute approximate surface area is 245 Å². The molecule has 0 atom stereocenters. The zero-order valence-electron chi connectivity index (χ0n) is 23.0. The van der Waals surface area contributed by atoms with Gasteiger partial charge in [-0.3, -0.25) is 9.38 Å². The fourth-order valence-electron chi connectivity index (χ4n) is 7.21. The first kappa shape index (κ1) is 22.7. The second-order valence-electron chi connectivity index (χ2n) is 11.1. The second kappa shape index (κ2) is 8.30. The molecule has 0 N–H and O–H groups in total. The first-order chi connectivity index (χ1) is 21.4. The van der Waals surface area contributed by atoms with Crippen LogP contribution in [-0.2, 0) is 0 Å². The minimum atomic E-state index is 0.943. The predicted octanol–water partition coefficient (Wildman–Crippen LogP) is 9.23. The van der Waals surface area contributed by atoms with Gasteiger partial charge >= 0.3 is 0 Å². The van der Waals surface area contributed by atoms with Crippen LogP contribution in [0.5, 0.6) is 0 Å². The van der Waals surface area contributed by atoms with Gasteiger partial charge in [0.05, 0.1) is 27.6 Å². The first-order valence-corrected chi connectivity index (χ1v) is 14.5. The summed E-state index contributed by atoms with van der Waals surface area (Å²) < 4.78 is 7.05. The summed E-state index contributed by atoms with van der Waals surface area (Å²) in [7, 11) is 0. The topological polar surface area (TPSA) is 40.0 Å². The highest BCUT2D eigenvalue weighted by molar-refractivity contribution is 6.28. The molecule has 5 aromatic carbocycles. The Bertz CT molecular complexity index is 2710. The number of benzene rings is 5. The summed E-state index contributed by atoms with van der Waals surface area (Å²) in [6, 6.07) is 41.5. The fraction of sp³-hybridized carbons (Fsp3) is 0. The predicted molar refractivity (Wildman–Crippen MR) is 177 cm³/mol. The molecule has 0 spiro atoms. The monoisotopic (exact) mass is 549 g/mol. The lowest BCUT2D eigenvalue weighted by Crippen LogP contribution is -1.95. The molecule has 0 bridgehead atoms. The molecule has 0 aliphatic rings. The van der Waals surface area contributed by atoms with Crippen molar-refractivity contribution in [2.75, 3.05) is 0 Å². The number of para-hydroxylation sites is 3. The lowest BCUT2D eigenvalue weighted by Gasteiger charge is -2.11. The van der Waals surface area contributed by atoms with Gasteiger partial charge in [-0.1, -0.05) is 60.7 Å². The van der Waals surface area contributed by atoms with E-state index in [1.165, 1.54) is 38.1 Å². The van der Waals surface area contributed by atoms with E-state index in [0.717, 1.165) is 44.2 Å². The molecule has 5 heteroatoms. The molecular formula is C38H23N5. The smallest absolute Gasteiger partial charge is 0.145 e. The van der Waals surface area contributed by atoms with Gasteiger partial charge in [0.2, 0.25) is 0 Å². The van der Waals surface area contributed by atoms with E-state index in [1.54, 1.807) is 0 Å². The van der Waals surface area contributed by atoms with Crippen LogP contribution in [0.3, 0.4) is 0 Å². The highest BCUT2D eigenvalue weighted by Gasteiger charge is 2.22. The molecule has 5 heterocycles. The van der Waals surface area contributed by atoms with Gasteiger partial charge in [-0.15, -0.1) is 0 Å². The molecule has 10 aromatic rings. The van der Waals surface area contributed by atoms with Gasteiger partial charge in [-0.25, -0.2) is 4.98 Å². The van der Waals surface area contributed by atoms with E-state index in [4.69, 9.17) is 4.98 Å². The Hall–Kier alpha value is -5.94. The van der Waals surface area contributed by atoms with Gasteiger partial charge in [-0.05, 0) is 54.6 Å². The molecule has 10 rings (SSSR count). The Morgan fingerprint density at radius 2 is 1.23 bits per heavy atom. The van der Waals surface area contributed by atoms with E-state index < -0.39 is 0 Å². The van der Waals surface area contributed by atoms with Crippen molar-refractivity contribution in [1.82, 2.24) is 23.5 Å². The molecule has 0 radical (unpaired) electrons. The average Bonchev–Trinajstić information content (AvgIpc) is 3.78. The number of fused-ring (bicyclic) bond motifs is 13. The SMILES string of the molecule is c1ccc(-n2c3cc4c(cc3c3c2ccc2c5ccccc5n(-c5ccccc5)c23)c2cnccc2c2nccn42)cc1. The van der Waals surface area contributed by atoms with E-state index in [1.807, 2.05) is 18.6 Å². The van der Waals surface area contributed by atoms with Crippen LogP contribution in [0, 0.1) is 0 Å². The minimum Gasteiger partial charge on any atom is -0.309 e. The maximum Gasteiger partial charge on any atom is 0.145 e. The highest BCUT2D eigenvalue weighted by Crippen LogP contribution is 2.43. The van der Waals surface area contributed by atoms with Gasteiger partial charge in [0.15, 0.2) is 0 Å². The van der Waals surface area contributed by atoms with Crippen molar-refractivity contribution in [2.24, 2.45) is 0 Å². The summed E-state index contributed by atoms with van der Waals surface area (Å²) in [6.07, 6.45) is 7.77. The molecule has 0 saturated carbocycles. The summed E-state index contributed by atoms with van der Waals surface area (Å²) in [5, 5.41) is 8.31. The summed E-state index contributed by atoms with van der Waals surface area (Å²) >= 11 is 0.